The Bertz CT molecular complexity index is 1330. The molecular formula is C24H34B4BrN4O4. The first kappa shape index (κ1) is 29.5. The van der Waals surface area contributed by atoms with Gasteiger partial charge in [-0.25, -0.2) is 0 Å². The summed E-state index contributed by atoms with van der Waals surface area (Å²) in [4.78, 5) is 8.64. The van der Waals surface area contributed by atoms with Gasteiger partial charge in [0.15, 0.2) is 0 Å². The van der Waals surface area contributed by atoms with Gasteiger partial charge < -0.3 is 28.3 Å². The van der Waals surface area contributed by atoms with E-state index in [1.807, 2.05) is 85.3 Å². The average molecular weight is 566 g/mol. The van der Waals surface area contributed by atoms with Crippen LogP contribution in [0.1, 0.15) is 27.7 Å². The van der Waals surface area contributed by atoms with Crippen molar-refractivity contribution in [1.29, 1.82) is 0 Å². The van der Waals surface area contributed by atoms with Gasteiger partial charge in [-0.05, 0) is 87.7 Å². The monoisotopic (exact) mass is 565 g/mol. The molecule has 193 valence electrons. The van der Waals surface area contributed by atoms with E-state index in [-0.39, 0.29) is 0 Å². The Labute approximate surface area is 229 Å². The number of fused-ring (bicyclic) bond motifs is 2. The fourth-order valence-electron chi connectivity index (χ4n) is 3.91. The number of pyridine rings is 2. The number of hydrogen-bond donors (Lipinski definition) is 2. The summed E-state index contributed by atoms with van der Waals surface area (Å²) < 4.78 is 16.6. The molecule has 1 radical (unpaired) electrons. The Balaban J connectivity index is 0.000000203. The van der Waals surface area contributed by atoms with E-state index in [0.717, 1.165) is 32.0 Å². The maximum Gasteiger partial charge on any atom is 0.498 e. The highest BCUT2D eigenvalue weighted by Crippen LogP contribution is 2.37. The van der Waals surface area contributed by atoms with E-state index >= 15 is 0 Å². The molecule has 0 amide bonds. The van der Waals surface area contributed by atoms with E-state index in [2.05, 4.69) is 25.9 Å². The van der Waals surface area contributed by atoms with Gasteiger partial charge >= 0.3 is 21.2 Å². The molecule has 2 N–H and O–H groups in total. The molecule has 0 atom stereocenters. The molecule has 5 heterocycles. The molecule has 0 spiro atoms. The molecule has 0 unspecified atom stereocenters. The first-order valence-corrected chi connectivity index (χ1v) is 13.2. The van der Waals surface area contributed by atoms with Gasteiger partial charge in [0.25, 0.3) is 0 Å². The van der Waals surface area contributed by atoms with Crippen molar-refractivity contribution in [3.8, 4) is 0 Å². The third-order valence-electron chi connectivity index (χ3n) is 6.47. The lowest BCUT2D eigenvalue weighted by Gasteiger charge is -2.32. The van der Waals surface area contributed by atoms with E-state index in [4.69, 9.17) is 9.31 Å². The van der Waals surface area contributed by atoms with Crippen molar-refractivity contribution in [2.75, 3.05) is 0 Å². The van der Waals surface area contributed by atoms with Gasteiger partial charge in [0, 0.05) is 24.1 Å². The summed E-state index contributed by atoms with van der Waals surface area (Å²) >= 11 is 3.39. The van der Waals surface area contributed by atoms with Gasteiger partial charge in [-0.15, -0.1) is 0 Å². The summed E-state index contributed by atoms with van der Waals surface area (Å²) in [7, 11) is 0.360. The van der Waals surface area contributed by atoms with Gasteiger partial charge in [-0.3, -0.25) is 9.97 Å². The summed E-state index contributed by atoms with van der Waals surface area (Å²) in [5.74, 6) is 0. The summed E-state index contributed by atoms with van der Waals surface area (Å²) in [6.45, 7) is 15.5. The second-order valence-electron chi connectivity index (χ2n) is 10.0. The zero-order valence-corrected chi connectivity index (χ0v) is 24.4. The molecule has 5 rings (SSSR count). The summed E-state index contributed by atoms with van der Waals surface area (Å²) in [5, 5.41) is 19.4. The zero-order chi connectivity index (χ0) is 27.5. The second kappa shape index (κ2) is 11.8. The van der Waals surface area contributed by atoms with Crippen LogP contribution >= 0.6 is 15.9 Å². The van der Waals surface area contributed by atoms with E-state index in [1.165, 1.54) is 0 Å². The quantitative estimate of drug-likeness (QED) is 0.367. The van der Waals surface area contributed by atoms with Crippen LogP contribution in [0.5, 0.6) is 0 Å². The molecule has 0 saturated carbocycles. The van der Waals surface area contributed by atoms with E-state index in [1.54, 1.807) is 35.0 Å². The van der Waals surface area contributed by atoms with Gasteiger partial charge in [0.1, 0.15) is 12.8 Å². The Morgan fingerprint density at radius 3 is 1.78 bits per heavy atom. The minimum atomic E-state index is -0.632. The van der Waals surface area contributed by atoms with Crippen LogP contribution in [0.25, 0.3) is 22.1 Å². The van der Waals surface area contributed by atoms with Crippen molar-refractivity contribution in [2.45, 2.75) is 66.2 Å². The Hall–Kier alpha value is -2.04. The number of halogens is 1. The lowest BCUT2D eigenvalue weighted by Crippen LogP contribution is -2.41. The van der Waals surface area contributed by atoms with E-state index in [0.29, 0.717) is 0 Å². The molecule has 1 fully saturated rings. The van der Waals surface area contributed by atoms with Crippen molar-refractivity contribution >= 4 is 72.0 Å². The third kappa shape index (κ3) is 6.17. The van der Waals surface area contributed by atoms with Crippen LogP contribution < -0.4 is 5.46 Å². The molecule has 8 nitrogen and oxygen atoms in total. The Kier molecular flexibility index (Phi) is 9.40. The molecule has 0 bridgehead atoms. The molecule has 0 aliphatic carbocycles. The summed E-state index contributed by atoms with van der Waals surface area (Å²) in [6.07, 6.45) is 7.18. The molecule has 37 heavy (non-hydrogen) atoms. The van der Waals surface area contributed by atoms with Crippen LogP contribution in [-0.4, -0.2) is 68.7 Å². The number of aromatic nitrogens is 4. The Morgan fingerprint density at radius 2 is 1.30 bits per heavy atom. The van der Waals surface area contributed by atoms with Crippen molar-refractivity contribution < 1.29 is 19.4 Å². The molecule has 4 aromatic rings. The van der Waals surface area contributed by atoms with Crippen LogP contribution in [0, 0.1) is 0 Å². The van der Waals surface area contributed by atoms with Crippen LogP contribution in [0.3, 0.4) is 0 Å². The largest absolute Gasteiger partial charge is 0.498 e. The highest BCUT2D eigenvalue weighted by molar-refractivity contribution is 9.10. The number of rotatable bonds is 3. The van der Waals surface area contributed by atoms with Crippen molar-refractivity contribution in [1.82, 2.24) is 18.9 Å². The third-order valence-corrected chi connectivity index (χ3v) is 7.05. The maximum atomic E-state index is 9.94. The fraction of sp³-hybridized carbons (Fsp3) is 0.417. The smallest absolute Gasteiger partial charge is 0.432 e. The van der Waals surface area contributed by atoms with Crippen LogP contribution in [0.4, 0.5) is 0 Å². The lowest BCUT2D eigenvalue weighted by atomic mass is 9.80. The standard InChI is InChI=1S/C14H20B2N2O3.C8H8BBrN2O.C2H6B/c1-13(2)14(3,4)21-16(20-13)10-9-18(15(5)19)11-7-6-8-17-12(10)11;1-9(13)12-5-6(10)8-7(12)3-2-4-11-8;1-3-2/h6-9,19H,1-5H3;2-5,13H,1H3;1-2H3. The summed E-state index contributed by atoms with van der Waals surface area (Å²) in [6, 6.07) is 7.58. The van der Waals surface area contributed by atoms with Gasteiger partial charge in [-0.2, -0.15) is 0 Å². The molecule has 4 aromatic heterocycles. The maximum absolute atomic E-state index is 9.94. The second-order valence-corrected chi connectivity index (χ2v) is 10.9. The van der Waals surface area contributed by atoms with Gasteiger partial charge in [0.05, 0.1) is 32.2 Å². The first-order valence-electron chi connectivity index (χ1n) is 12.4. The zero-order valence-electron chi connectivity index (χ0n) is 22.8. The normalized spacial score (nSPS) is 15.6. The van der Waals surface area contributed by atoms with Crippen LogP contribution in [0.15, 0.2) is 53.5 Å². The summed E-state index contributed by atoms with van der Waals surface area (Å²) in [5.41, 5.74) is 3.55. The molecule has 1 aliphatic heterocycles. The highest BCUT2D eigenvalue weighted by atomic mass is 79.9. The SMILES string of the molecule is CB(O)n1cc(B2OC(C)(C)C(C)(C)O2)c2ncccc21.CB(O)n1cc(Br)c2ncccc21.C[B]C. The fourth-order valence-corrected chi connectivity index (χ4v) is 4.44. The van der Waals surface area contributed by atoms with E-state index < -0.39 is 32.4 Å². The topological polar surface area (TPSA) is 94.6 Å². The molecular weight excluding hydrogens is 531 g/mol. The number of hydrogen-bond acceptors (Lipinski definition) is 6. The van der Waals surface area contributed by atoms with Crippen molar-refractivity contribution in [3.63, 3.8) is 0 Å². The minimum absolute atomic E-state index is 0.397. The van der Waals surface area contributed by atoms with Crippen molar-refractivity contribution in [2.24, 2.45) is 0 Å². The van der Waals surface area contributed by atoms with Crippen LogP contribution in [-0.2, 0) is 9.31 Å². The van der Waals surface area contributed by atoms with E-state index in [9.17, 15) is 10.0 Å². The molecule has 1 saturated heterocycles. The van der Waals surface area contributed by atoms with Crippen molar-refractivity contribution in [3.05, 3.63) is 53.5 Å². The van der Waals surface area contributed by atoms with Crippen LogP contribution in [0.2, 0.25) is 27.3 Å². The van der Waals surface area contributed by atoms with Gasteiger partial charge in [0.2, 0.25) is 0 Å². The molecule has 13 heteroatoms. The highest BCUT2D eigenvalue weighted by Gasteiger charge is 2.52. The number of nitrogens with zero attached hydrogens (tertiary/aromatic N) is 4. The lowest BCUT2D eigenvalue weighted by molar-refractivity contribution is 0.00578. The Morgan fingerprint density at radius 1 is 0.865 bits per heavy atom. The minimum Gasteiger partial charge on any atom is -0.432 e. The molecule has 1 aliphatic rings. The predicted octanol–water partition coefficient (Wildman–Crippen LogP) is 3.84. The van der Waals surface area contributed by atoms with Gasteiger partial charge in [-0.1, -0.05) is 13.6 Å². The molecule has 0 aromatic carbocycles. The predicted molar refractivity (Wildman–Crippen MR) is 159 cm³/mol. The average Bonchev–Trinajstić information content (AvgIpc) is 3.44. The first-order chi connectivity index (χ1) is 17.3.